The van der Waals surface area contributed by atoms with Crippen LogP contribution in [0.25, 0.3) is 10.8 Å². The summed E-state index contributed by atoms with van der Waals surface area (Å²) in [5.74, 6) is -0.292. The standard InChI is InChI=1S/C21H24N6O4S/c1-25(2)18-5-3-16-12-19(6-4-15(16)11-18)32(30,31)27-9-7-26(8-10-27)21-22-13-17(14-23-21)20(28)24-29/h3-6,11-14,29H,7-10H2,1-2H3,(H,24,28). The molecule has 1 aliphatic rings. The van der Waals surface area contributed by atoms with Crippen molar-refractivity contribution in [2.45, 2.75) is 4.90 Å². The van der Waals surface area contributed by atoms with Crippen LogP contribution in [0.5, 0.6) is 0 Å². The maximum Gasteiger partial charge on any atom is 0.277 e. The minimum atomic E-state index is -3.63. The Hall–Kier alpha value is -3.28. The van der Waals surface area contributed by atoms with E-state index in [0.29, 0.717) is 32.1 Å². The molecular weight excluding hydrogens is 432 g/mol. The van der Waals surface area contributed by atoms with Gasteiger partial charge in [-0.1, -0.05) is 12.1 Å². The molecule has 0 bridgehead atoms. The molecule has 2 N–H and O–H groups in total. The number of sulfonamides is 1. The van der Waals surface area contributed by atoms with Gasteiger partial charge in [0, 0.05) is 58.4 Å². The van der Waals surface area contributed by atoms with Crippen molar-refractivity contribution >= 4 is 38.3 Å². The Morgan fingerprint density at radius 1 is 1.00 bits per heavy atom. The van der Waals surface area contributed by atoms with Crippen LogP contribution < -0.4 is 15.3 Å². The molecule has 2 aromatic carbocycles. The summed E-state index contributed by atoms with van der Waals surface area (Å²) in [6.45, 7) is 1.43. The molecule has 10 nitrogen and oxygen atoms in total. The zero-order valence-electron chi connectivity index (χ0n) is 17.8. The fourth-order valence-electron chi connectivity index (χ4n) is 3.59. The number of nitrogens with zero attached hydrogens (tertiary/aromatic N) is 5. The topological polar surface area (TPSA) is 119 Å². The Kier molecular flexibility index (Phi) is 5.96. The largest absolute Gasteiger partial charge is 0.378 e. The summed E-state index contributed by atoms with van der Waals surface area (Å²) in [5, 5.41) is 10.5. The number of anilines is 2. The normalized spacial score (nSPS) is 15.0. The zero-order valence-corrected chi connectivity index (χ0v) is 18.6. The molecule has 0 spiro atoms. The van der Waals surface area contributed by atoms with Crippen LogP contribution >= 0.6 is 0 Å². The maximum absolute atomic E-state index is 13.2. The first-order valence-electron chi connectivity index (χ1n) is 10.0. The third-order valence-electron chi connectivity index (χ3n) is 5.47. The highest BCUT2D eigenvalue weighted by Crippen LogP contribution is 2.26. The first kappa shape index (κ1) is 21.9. The first-order chi connectivity index (χ1) is 15.3. The molecule has 2 heterocycles. The number of amides is 1. The number of piperazine rings is 1. The van der Waals surface area contributed by atoms with Crippen molar-refractivity contribution in [2.24, 2.45) is 0 Å². The Morgan fingerprint density at radius 3 is 2.25 bits per heavy atom. The van der Waals surface area contributed by atoms with E-state index in [9.17, 15) is 13.2 Å². The van der Waals surface area contributed by atoms with E-state index in [1.807, 2.05) is 48.2 Å². The number of aromatic nitrogens is 2. The Morgan fingerprint density at radius 2 is 1.62 bits per heavy atom. The Bertz CT molecular complexity index is 1240. The van der Waals surface area contributed by atoms with Crippen LogP contribution in [0, 0.1) is 0 Å². The summed E-state index contributed by atoms with van der Waals surface area (Å²) >= 11 is 0. The molecule has 0 radical (unpaired) electrons. The summed E-state index contributed by atoms with van der Waals surface area (Å²) in [6, 6.07) is 11.1. The van der Waals surface area contributed by atoms with Crippen LogP contribution in [-0.2, 0) is 10.0 Å². The number of nitrogens with one attached hydrogen (secondary N) is 1. The summed E-state index contributed by atoms with van der Waals surface area (Å²) in [6.07, 6.45) is 2.63. The van der Waals surface area contributed by atoms with Crippen LogP contribution in [0.15, 0.2) is 53.7 Å². The molecule has 168 valence electrons. The number of fused-ring (bicyclic) bond motifs is 1. The number of carbonyl (C=O) groups excluding carboxylic acids is 1. The Labute approximate surface area is 186 Å². The van der Waals surface area contributed by atoms with E-state index in [1.54, 1.807) is 12.1 Å². The van der Waals surface area contributed by atoms with E-state index in [2.05, 4.69) is 9.97 Å². The van der Waals surface area contributed by atoms with Gasteiger partial charge < -0.3 is 9.80 Å². The average molecular weight is 457 g/mol. The highest BCUT2D eigenvalue weighted by atomic mass is 32.2. The molecule has 4 rings (SSSR count). The van der Waals surface area contributed by atoms with Crippen molar-refractivity contribution in [3.8, 4) is 0 Å². The SMILES string of the molecule is CN(C)c1ccc2cc(S(=O)(=O)N3CCN(c4ncc(C(=O)NO)cn4)CC3)ccc2c1. The third kappa shape index (κ3) is 4.22. The molecule has 1 amide bonds. The minimum absolute atomic E-state index is 0.131. The zero-order chi connectivity index (χ0) is 22.9. The van der Waals surface area contributed by atoms with Crippen molar-refractivity contribution in [1.82, 2.24) is 19.8 Å². The van der Waals surface area contributed by atoms with E-state index in [0.717, 1.165) is 16.5 Å². The second-order valence-electron chi connectivity index (χ2n) is 7.69. The van der Waals surface area contributed by atoms with Gasteiger partial charge in [-0.05, 0) is 35.0 Å². The van der Waals surface area contributed by atoms with Gasteiger partial charge in [-0.25, -0.2) is 23.9 Å². The smallest absolute Gasteiger partial charge is 0.277 e. The predicted octanol–water partition coefficient (Wildman–Crippen LogP) is 1.33. The van der Waals surface area contributed by atoms with Gasteiger partial charge in [-0.2, -0.15) is 4.31 Å². The van der Waals surface area contributed by atoms with Crippen LogP contribution in [0.4, 0.5) is 11.6 Å². The van der Waals surface area contributed by atoms with Crippen molar-refractivity contribution < 1.29 is 18.4 Å². The highest BCUT2D eigenvalue weighted by molar-refractivity contribution is 7.89. The van der Waals surface area contributed by atoms with Gasteiger partial charge in [0.15, 0.2) is 0 Å². The fraction of sp³-hybridized carbons (Fsp3) is 0.286. The van der Waals surface area contributed by atoms with Crippen LogP contribution in [-0.4, -0.2) is 74.1 Å². The summed E-state index contributed by atoms with van der Waals surface area (Å²) < 4.78 is 27.9. The third-order valence-corrected chi connectivity index (χ3v) is 7.37. The van der Waals surface area contributed by atoms with E-state index in [1.165, 1.54) is 22.2 Å². The molecule has 1 aliphatic heterocycles. The molecule has 0 atom stereocenters. The number of benzene rings is 2. The minimum Gasteiger partial charge on any atom is -0.378 e. The first-order valence-corrected chi connectivity index (χ1v) is 11.5. The van der Waals surface area contributed by atoms with Gasteiger partial charge in [0.1, 0.15) is 0 Å². The van der Waals surface area contributed by atoms with Crippen molar-refractivity contribution in [1.29, 1.82) is 0 Å². The van der Waals surface area contributed by atoms with Gasteiger partial charge in [0.05, 0.1) is 10.5 Å². The van der Waals surface area contributed by atoms with Gasteiger partial charge in [-0.3, -0.25) is 10.0 Å². The average Bonchev–Trinajstić information content (AvgIpc) is 2.83. The van der Waals surface area contributed by atoms with Gasteiger partial charge in [-0.15, -0.1) is 0 Å². The number of hydroxylamine groups is 1. The van der Waals surface area contributed by atoms with Gasteiger partial charge >= 0.3 is 0 Å². The molecule has 0 unspecified atom stereocenters. The van der Waals surface area contributed by atoms with Crippen LogP contribution in [0.3, 0.4) is 0 Å². The molecule has 0 aliphatic carbocycles. The van der Waals surface area contributed by atoms with E-state index < -0.39 is 15.9 Å². The lowest BCUT2D eigenvalue weighted by Crippen LogP contribution is -2.49. The lowest BCUT2D eigenvalue weighted by Gasteiger charge is -2.34. The highest BCUT2D eigenvalue weighted by Gasteiger charge is 2.29. The van der Waals surface area contributed by atoms with Crippen molar-refractivity contribution in [3.05, 3.63) is 54.4 Å². The lowest BCUT2D eigenvalue weighted by molar-refractivity contribution is 0.0705. The summed E-state index contributed by atoms with van der Waals surface area (Å²) in [4.78, 5) is 23.8. The molecule has 1 saturated heterocycles. The summed E-state index contributed by atoms with van der Waals surface area (Å²) in [7, 11) is 0.294. The molecular formula is C21H24N6O4S. The second-order valence-corrected chi connectivity index (χ2v) is 9.63. The number of rotatable bonds is 5. The van der Waals surface area contributed by atoms with Crippen LogP contribution in [0.1, 0.15) is 10.4 Å². The molecule has 0 saturated carbocycles. The number of carbonyl (C=O) groups is 1. The lowest BCUT2D eigenvalue weighted by atomic mass is 10.1. The summed E-state index contributed by atoms with van der Waals surface area (Å²) in [5.41, 5.74) is 2.71. The van der Waals surface area contributed by atoms with Gasteiger partial charge in [0.25, 0.3) is 5.91 Å². The quantitative estimate of drug-likeness (QED) is 0.436. The van der Waals surface area contributed by atoms with Crippen LogP contribution in [0.2, 0.25) is 0 Å². The molecule has 11 heteroatoms. The molecule has 3 aromatic rings. The predicted molar refractivity (Wildman–Crippen MR) is 121 cm³/mol. The van der Waals surface area contributed by atoms with E-state index in [4.69, 9.17) is 5.21 Å². The monoisotopic (exact) mass is 456 g/mol. The van der Waals surface area contributed by atoms with Crippen molar-refractivity contribution in [3.63, 3.8) is 0 Å². The molecule has 1 aromatic heterocycles. The Balaban J connectivity index is 1.47. The fourth-order valence-corrected chi connectivity index (χ4v) is 5.05. The number of hydrogen-bond acceptors (Lipinski definition) is 8. The van der Waals surface area contributed by atoms with E-state index >= 15 is 0 Å². The van der Waals surface area contributed by atoms with Crippen molar-refractivity contribution in [2.75, 3.05) is 50.1 Å². The second kappa shape index (κ2) is 8.69. The van der Waals surface area contributed by atoms with E-state index in [-0.39, 0.29) is 10.5 Å². The molecule has 32 heavy (non-hydrogen) atoms. The number of hydrogen-bond donors (Lipinski definition) is 2. The maximum atomic E-state index is 13.2. The van der Waals surface area contributed by atoms with Gasteiger partial charge in [0.2, 0.25) is 16.0 Å². The molecule has 1 fully saturated rings.